The molecule has 0 aromatic heterocycles. The fourth-order valence-corrected chi connectivity index (χ4v) is 4.89. The number of benzene rings is 1. The maximum atomic E-state index is 14.4. The van der Waals surface area contributed by atoms with Gasteiger partial charge in [0.15, 0.2) is 0 Å². The van der Waals surface area contributed by atoms with Crippen LogP contribution in [0.3, 0.4) is 0 Å². The molecule has 1 aromatic rings. The normalized spacial score (nSPS) is 18.8. The highest BCUT2D eigenvalue weighted by Crippen LogP contribution is 2.34. The van der Waals surface area contributed by atoms with Crippen LogP contribution in [-0.4, -0.2) is 5.97 Å². The van der Waals surface area contributed by atoms with Crippen molar-refractivity contribution >= 4 is 5.97 Å². The number of carbonyl (C=O) groups is 1. The molecule has 1 aromatic carbocycles. The van der Waals surface area contributed by atoms with E-state index in [4.69, 9.17) is 4.74 Å². The van der Waals surface area contributed by atoms with Crippen LogP contribution in [0.25, 0.3) is 0 Å². The quantitative estimate of drug-likeness (QED) is 0.157. The van der Waals surface area contributed by atoms with E-state index in [2.05, 4.69) is 13.8 Å². The van der Waals surface area contributed by atoms with Gasteiger partial charge in [0.1, 0.15) is 11.6 Å². The summed E-state index contributed by atoms with van der Waals surface area (Å²) in [5.74, 6) is 1.40. The Hall–Kier alpha value is -1.38. The largest absolute Gasteiger partial charge is 0.426 e. The molecule has 1 aliphatic carbocycles. The third-order valence-corrected chi connectivity index (χ3v) is 6.99. The smallest absolute Gasteiger partial charge is 0.311 e. The fraction of sp³-hybridized carbons (Fsp3) is 0.750. The van der Waals surface area contributed by atoms with E-state index in [1.807, 2.05) is 0 Å². The molecule has 0 amide bonds. The number of hydrogen-bond acceptors (Lipinski definition) is 2. The third-order valence-electron chi connectivity index (χ3n) is 6.99. The standard InChI is InChI=1S/C28H45FO2/c1-3-5-7-8-9-11-13-25-19-20-26(22-27(25)29)31-28(30)21-18-24-16-14-23(15-17-24)12-10-6-4-2/h19-20,22-24H,3-18,21H2,1-2H3/t23-,24-. The third kappa shape index (κ3) is 10.7. The summed E-state index contributed by atoms with van der Waals surface area (Å²) in [5, 5.41) is 0. The molecule has 31 heavy (non-hydrogen) atoms. The van der Waals surface area contributed by atoms with Crippen LogP contribution in [0.15, 0.2) is 18.2 Å². The van der Waals surface area contributed by atoms with Gasteiger partial charge < -0.3 is 4.74 Å². The van der Waals surface area contributed by atoms with Crippen LogP contribution >= 0.6 is 0 Å². The van der Waals surface area contributed by atoms with Gasteiger partial charge in [-0.3, -0.25) is 4.79 Å². The zero-order valence-corrected chi connectivity index (χ0v) is 20.1. The van der Waals surface area contributed by atoms with E-state index in [0.717, 1.165) is 37.2 Å². The Balaban J connectivity index is 1.63. The van der Waals surface area contributed by atoms with E-state index in [-0.39, 0.29) is 11.8 Å². The number of ether oxygens (including phenoxy) is 1. The van der Waals surface area contributed by atoms with Crippen molar-refractivity contribution in [2.45, 2.75) is 123 Å². The SMILES string of the molecule is CCCCCCCCc1ccc(OC(=O)CC[C@H]2CC[C@H](CCCCC)CC2)cc1F. The fourth-order valence-electron chi connectivity index (χ4n) is 4.89. The summed E-state index contributed by atoms with van der Waals surface area (Å²) in [6.45, 7) is 4.47. The second kappa shape index (κ2) is 15.4. The summed E-state index contributed by atoms with van der Waals surface area (Å²) in [7, 11) is 0. The molecule has 0 bridgehead atoms. The molecule has 0 spiro atoms. The van der Waals surface area contributed by atoms with Crippen molar-refractivity contribution in [3.05, 3.63) is 29.6 Å². The second-order valence-corrected chi connectivity index (χ2v) is 9.67. The van der Waals surface area contributed by atoms with Crippen LogP contribution in [0.1, 0.15) is 122 Å². The first-order valence-corrected chi connectivity index (χ1v) is 13.1. The minimum Gasteiger partial charge on any atom is -0.426 e. The second-order valence-electron chi connectivity index (χ2n) is 9.67. The molecular weight excluding hydrogens is 387 g/mol. The molecule has 0 aliphatic heterocycles. The highest BCUT2D eigenvalue weighted by Gasteiger charge is 2.21. The van der Waals surface area contributed by atoms with Gasteiger partial charge in [-0.1, -0.05) is 103 Å². The van der Waals surface area contributed by atoms with Gasteiger partial charge in [0.2, 0.25) is 0 Å². The first-order valence-electron chi connectivity index (χ1n) is 13.1. The van der Waals surface area contributed by atoms with Crippen LogP contribution in [0, 0.1) is 17.7 Å². The predicted molar refractivity (Wildman–Crippen MR) is 128 cm³/mol. The van der Waals surface area contributed by atoms with Crippen molar-refractivity contribution in [3.63, 3.8) is 0 Å². The monoisotopic (exact) mass is 432 g/mol. The van der Waals surface area contributed by atoms with Crippen LogP contribution in [0.5, 0.6) is 5.75 Å². The van der Waals surface area contributed by atoms with E-state index >= 15 is 0 Å². The lowest BCUT2D eigenvalue weighted by molar-refractivity contribution is -0.134. The first kappa shape index (κ1) is 25.9. The average molecular weight is 433 g/mol. The van der Waals surface area contributed by atoms with Crippen molar-refractivity contribution in [1.29, 1.82) is 0 Å². The minimum absolute atomic E-state index is 0.229. The zero-order chi connectivity index (χ0) is 22.3. The highest BCUT2D eigenvalue weighted by molar-refractivity contribution is 5.72. The van der Waals surface area contributed by atoms with Gasteiger partial charge >= 0.3 is 5.97 Å². The average Bonchev–Trinajstić information content (AvgIpc) is 2.77. The van der Waals surface area contributed by atoms with E-state index in [1.165, 1.54) is 83.1 Å². The van der Waals surface area contributed by atoms with E-state index in [1.54, 1.807) is 12.1 Å². The molecule has 1 fully saturated rings. The molecule has 0 atom stereocenters. The first-order chi connectivity index (χ1) is 15.1. The summed E-state index contributed by atoms with van der Waals surface area (Å²) >= 11 is 0. The van der Waals surface area contributed by atoms with Gasteiger partial charge in [0.25, 0.3) is 0 Å². The van der Waals surface area contributed by atoms with Gasteiger partial charge in [-0.15, -0.1) is 0 Å². The number of halogens is 1. The topological polar surface area (TPSA) is 26.3 Å². The molecule has 1 saturated carbocycles. The van der Waals surface area contributed by atoms with Gasteiger partial charge in [0, 0.05) is 12.5 Å². The Morgan fingerprint density at radius 3 is 2.16 bits per heavy atom. The summed E-state index contributed by atoms with van der Waals surface area (Å²) in [6.07, 6.45) is 19.8. The van der Waals surface area contributed by atoms with E-state index in [0.29, 0.717) is 18.1 Å². The number of esters is 1. The van der Waals surface area contributed by atoms with E-state index < -0.39 is 0 Å². The zero-order valence-electron chi connectivity index (χ0n) is 20.1. The number of unbranched alkanes of at least 4 members (excludes halogenated alkanes) is 7. The lowest BCUT2D eigenvalue weighted by atomic mass is 9.78. The molecular formula is C28H45FO2. The Labute approximate surface area is 190 Å². The lowest BCUT2D eigenvalue weighted by Gasteiger charge is -2.28. The van der Waals surface area contributed by atoms with Crippen molar-refractivity contribution in [2.24, 2.45) is 11.8 Å². The Kier molecular flexibility index (Phi) is 12.9. The molecule has 2 nitrogen and oxygen atoms in total. The predicted octanol–water partition coefficient (Wildman–Crippen LogP) is 8.80. The molecule has 176 valence electrons. The highest BCUT2D eigenvalue weighted by atomic mass is 19.1. The summed E-state index contributed by atoms with van der Waals surface area (Å²) in [4.78, 5) is 12.2. The number of aryl methyl sites for hydroxylation is 1. The van der Waals surface area contributed by atoms with Gasteiger partial charge in [0.05, 0.1) is 0 Å². The van der Waals surface area contributed by atoms with Crippen molar-refractivity contribution < 1.29 is 13.9 Å². The molecule has 0 N–H and O–H groups in total. The van der Waals surface area contributed by atoms with Crippen LogP contribution < -0.4 is 4.74 Å². The summed E-state index contributed by atoms with van der Waals surface area (Å²) < 4.78 is 19.8. The number of hydrogen-bond donors (Lipinski definition) is 0. The molecule has 0 unspecified atom stereocenters. The van der Waals surface area contributed by atoms with Crippen molar-refractivity contribution in [1.82, 2.24) is 0 Å². The Bertz CT molecular complexity index is 619. The molecule has 0 saturated heterocycles. The number of rotatable bonds is 15. The molecule has 0 heterocycles. The van der Waals surface area contributed by atoms with Crippen LogP contribution in [-0.2, 0) is 11.2 Å². The molecule has 1 aliphatic rings. The van der Waals surface area contributed by atoms with E-state index in [9.17, 15) is 9.18 Å². The molecule has 2 rings (SSSR count). The lowest BCUT2D eigenvalue weighted by Crippen LogP contribution is -2.17. The Morgan fingerprint density at radius 1 is 0.871 bits per heavy atom. The van der Waals surface area contributed by atoms with Gasteiger partial charge in [-0.2, -0.15) is 0 Å². The Morgan fingerprint density at radius 2 is 1.48 bits per heavy atom. The number of carbonyl (C=O) groups excluding carboxylic acids is 1. The summed E-state index contributed by atoms with van der Waals surface area (Å²) in [5.41, 5.74) is 0.728. The minimum atomic E-state index is -0.250. The van der Waals surface area contributed by atoms with Crippen LogP contribution in [0.4, 0.5) is 4.39 Å². The molecule has 3 heteroatoms. The molecule has 0 radical (unpaired) electrons. The summed E-state index contributed by atoms with van der Waals surface area (Å²) in [6, 6.07) is 4.91. The maximum absolute atomic E-state index is 14.4. The van der Waals surface area contributed by atoms with Gasteiger partial charge in [-0.25, -0.2) is 4.39 Å². The van der Waals surface area contributed by atoms with Crippen molar-refractivity contribution in [3.8, 4) is 5.75 Å². The van der Waals surface area contributed by atoms with Crippen LogP contribution in [0.2, 0.25) is 0 Å². The van der Waals surface area contributed by atoms with Crippen molar-refractivity contribution in [2.75, 3.05) is 0 Å². The van der Waals surface area contributed by atoms with Gasteiger partial charge in [-0.05, 0) is 42.7 Å². The maximum Gasteiger partial charge on any atom is 0.311 e.